The molecular formula is C16H16N2OS. The number of nitrogens with zero attached hydrogens (tertiary/aromatic N) is 1. The average molecular weight is 284 g/mol. The number of aromatic nitrogens is 1. The first kappa shape index (κ1) is 12.9. The molecule has 0 radical (unpaired) electrons. The number of pyridine rings is 1. The molecule has 0 saturated heterocycles. The molecule has 0 spiro atoms. The molecule has 3 nitrogen and oxygen atoms in total. The van der Waals surface area contributed by atoms with Crippen LogP contribution in [0.25, 0.3) is 10.8 Å². The van der Waals surface area contributed by atoms with E-state index in [0.717, 1.165) is 28.9 Å². The zero-order valence-electron chi connectivity index (χ0n) is 11.5. The van der Waals surface area contributed by atoms with Gasteiger partial charge in [0.05, 0.1) is 7.11 Å². The Labute approximate surface area is 122 Å². The highest BCUT2D eigenvalue weighted by molar-refractivity contribution is 7.08. The second-order valence-electron chi connectivity index (χ2n) is 4.68. The van der Waals surface area contributed by atoms with Crippen molar-refractivity contribution < 1.29 is 4.74 Å². The lowest BCUT2D eigenvalue weighted by Gasteiger charge is -2.09. The van der Waals surface area contributed by atoms with Crippen molar-refractivity contribution in [2.24, 2.45) is 0 Å². The maximum Gasteiger partial charge on any atom is 0.134 e. The van der Waals surface area contributed by atoms with E-state index in [2.05, 4.69) is 28.0 Å². The monoisotopic (exact) mass is 284 g/mol. The fourth-order valence-electron chi connectivity index (χ4n) is 2.17. The smallest absolute Gasteiger partial charge is 0.134 e. The molecule has 102 valence electrons. The van der Waals surface area contributed by atoms with Crippen molar-refractivity contribution in [2.75, 3.05) is 12.4 Å². The van der Waals surface area contributed by atoms with Crippen LogP contribution in [-0.4, -0.2) is 12.1 Å². The minimum Gasteiger partial charge on any atom is -0.497 e. The van der Waals surface area contributed by atoms with Crippen LogP contribution in [0, 0.1) is 6.92 Å². The minimum atomic E-state index is 0.799. The number of hydrogen-bond acceptors (Lipinski definition) is 4. The average Bonchev–Trinajstić information content (AvgIpc) is 2.89. The summed E-state index contributed by atoms with van der Waals surface area (Å²) in [6, 6.07) is 8.03. The van der Waals surface area contributed by atoms with E-state index in [4.69, 9.17) is 4.74 Å². The van der Waals surface area contributed by atoms with Crippen LogP contribution in [0.3, 0.4) is 0 Å². The van der Waals surface area contributed by atoms with Gasteiger partial charge in [0, 0.05) is 18.1 Å². The zero-order valence-corrected chi connectivity index (χ0v) is 12.3. The Kier molecular flexibility index (Phi) is 3.56. The van der Waals surface area contributed by atoms with E-state index < -0.39 is 0 Å². The fourth-order valence-corrected chi connectivity index (χ4v) is 3.03. The lowest BCUT2D eigenvalue weighted by atomic mass is 10.1. The maximum absolute atomic E-state index is 5.26. The van der Waals surface area contributed by atoms with E-state index in [1.165, 1.54) is 11.1 Å². The van der Waals surface area contributed by atoms with Gasteiger partial charge in [-0.15, -0.1) is 0 Å². The summed E-state index contributed by atoms with van der Waals surface area (Å²) >= 11 is 1.73. The minimum absolute atomic E-state index is 0.799. The van der Waals surface area contributed by atoms with E-state index in [1.807, 2.05) is 30.5 Å². The van der Waals surface area contributed by atoms with Crippen LogP contribution in [-0.2, 0) is 6.54 Å². The molecule has 0 aliphatic rings. The molecule has 0 fully saturated rings. The number of rotatable bonds is 4. The van der Waals surface area contributed by atoms with E-state index >= 15 is 0 Å². The van der Waals surface area contributed by atoms with Gasteiger partial charge < -0.3 is 10.1 Å². The highest BCUT2D eigenvalue weighted by Crippen LogP contribution is 2.26. The van der Waals surface area contributed by atoms with Crippen LogP contribution in [0.5, 0.6) is 5.75 Å². The molecule has 0 aliphatic carbocycles. The Morgan fingerprint density at radius 1 is 1.25 bits per heavy atom. The first-order valence-electron chi connectivity index (χ1n) is 6.46. The predicted molar refractivity (Wildman–Crippen MR) is 84.7 cm³/mol. The Morgan fingerprint density at radius 2 is 2.15 bits per heavy atom. The van der Waals surface area contributed by atoms with Gasteiger partial charge in [-0.3, -0.25) is 0 Å². The molecule has 0 atom stereocenters. The number of thiophene rings is 1. The van der Waals surface area contributed by atoms with Crippen molar-refractivity contribution >= 4 is 27.9 Å². The third-order valence-electron chi connectivity index (χ3n) is 3.38. The topological polar surface area (TPSA) is 34.1 Å². The summed E-state index contributed by atoms with van der Waals surface area (Å²) in [6.45, 7) is 2.93. The van der Waals surface area contributed by atoms with Gasteiger partial charge in [-0.25, -0.2) is 4.98 Å². The molecule has 1 aromatic carbocycles. The maximum atomic E-state index is 5.26. The standard InChI is InChI=1S/C16H16N2OS/c1-11-9-20-10-13(11)8-18-16-15-4-3-14(19-2)7-12(15)5-6-17-16/h3-7,9-10H,8H2,1-2H3,(H,17,18). The van der Waals surface area contributed by atoms with Gasteiger partial charge >= 0.3 is 0 Å². The van der Waals surface area contributed by atoms with Gasteiger partial charge in [-0.1, -0.05) is 0 Å². The Balaban J connectivity index is 1.90. The number of benzene rings is 1. The second kappa shape index (κ2) is 5.51. The Bertz CT molecular complexity index is 736. The summed E-state index contributed by atoms with van der Waals surface area (Å²) in [6.07, 6.45) is 1.82. The van der Waals surface area contributed by atoms with Gasteiger partial charge in [-0.2, -0.15) is 11.3 Å². The molecule has 0 saturated carbocycles. The van der Waals surface area contributed by atoms with Crippen molar-refractivity contribution in [1.82, 2.24) is 4.98 Å². The van der Waals surface area contributed by atoms with Gasteiger partial charge in [0.1, 0.15) is 11.6 Å². The molecule has 4 heteroatoms. The molecule has 3 aromatic rings. The van der Waals surface area contributed by atoms with Gasteiger partial charge in [0.15, 0.2) is 0 Å². The summed E-state index contributed by atoms with van der Waals surface area (Å²) in [5.74, 6) is 1.78. The molecule has 0 aliphatic heterocycles. The van der Waals surface area contributed by atoms with Crippen LogP contribution in [0.2, 0.25) is 0 Å². The normalized spacial score (nSPS) is 10.7. The van der Waals surface area contributed by atoms with Crippen LogP contribution in [0.1, 0.15) is 11.1 Å². The SMILES string of the molecule is COc1ccc2c(NCc3cscc3C)nccc2c1. The number of fused-ring (bicyclic) bond motifs is 1. The van der Waals surface area contributed by atoms with Crippen LogP contribution in [0.4, 0.5) is 5.82 Å². The molecule has 1 N–H and O–H groups in total. The number of nitrogens with one attached hydrogen (secondary N) is 1. The van der Waals surface area contributed by atoms with Crippen molar-refractivity contribution in [3.05, 3.63) is 52.3 Å². The highest BCUT2D eigenvalue weighted by Gasteiger charge is 2.05. The zero-order chi connectivity index (χ0) is 13.9. The van der Waals surface area contributed by atoms with Crippen molar-refractivity contribution in [3.8, 4) is 5.75 Å². The third-order valence-corrected chi connectivity index (χ3v) is 4.29. The number of hydrogen-bond donors (Lipinski definition) is 1. The molecule has 0 amide bonds. The Morgan fingerprint density at radius 3 is 2.90 bits per heavy atom. The Hall–Kier alpha value is -2.07. The van der Waals surface area contributed by atoms with E-state index in [0.29, 0.717) is 0 Å². The summed E-state index contributed by atoms with van der Waals surface area (Å²) in [5.41, 5.74) is 2.65. The highest BCUT2D eigenvalue weighted by atomic mass is 32.1. The van der Waals surface area contributed by atoms with E-state index in [-0.39, 0.29) is 0 Å². The summed E-state index contributed by atoms with van der Waals surface area (Å²) < 4.78 is 5.26. The number of anilines is 1. The van der Waals surface area contributed by atoms with Crippen LogP contribution in [0.15, 0.2) is 41.2 Å². The molecule has 3 rings (SSSR count). The lowest BCUT2D eigenvalue weighted by molar-refractivity contribution is 0.415. The summed E-state index contributed by atoms with van der Waals surface area (Å²) in [7, 11) is 1.68. The number of methoxy groups -OCH3 is 1. The quantitative estimate of drug-likeness (QED) is 0.778. The van der Waals surface area contributed by atoms with Gasteiger partial charge in [0.2, 0.25) is 0 Å². The van der Waals surface area contributed by atoms with Gasteiger partial charge in [-0.05, 0) is 58.5 Å². The molecule has 0 bridgehead atoms. The molecule has 2 aromatic heterocycles. The van der Waals surface area contributed by atoms with E-state index in [1.54, 1.807) is 18.4 Å². The van der Waals surface area contributed by atoms with Crippen molar-refractivity contribution in [2.45, 2.75) is 13.5 Å². The molecular weight excluding hydrogens is 268 g/mol. The third kappa shape index (κ3) is 2.47. The lowest BCUT2D eigenvalue weighted by Crippen LogP contribution is -2.02. The van der Waals surface area contributed by atoms with Crippen LogP contribution < -0.4 is 10.1 Å². The first-order chi connectivity index (χ1) is 9.78. The second-order valence-corrected chi connectivity index (χ2v) is 5.42. The van der Waals surface area contributed by atoms with Crippen molar-refractivity contribution in [1.29, 1.82) is 0 Å². The number of ether oxygens (including phenoxy) is 1. The molecule has 2 heterocycles. The summed E-state index contributed by atoms with van der Waals surface area (Å²) in [5, 5.41) is 10.0. The molecule has 20 heavy (non-hydrogen) atoms. The predicted octanol–water partition coefficient (Wildman–Crippen LogP) is 4.23. The van der Waals surface area contributed by atoms with Crippen molar-refractivity contribution in [3.63, 3.8) is 0 Å². The van der Waals surface area contributed by atoms with Crippen LogP contribution >= 0.6 is 11.3 Å². The van der Waals surface area contributed by atoms with Gasteiger partial charge in [0.25, 0.3) is 0 Å². The number of aryl methyl sites for hydroxylation is 1. The molecule has 0 unspecified atom stereocenters. The summed E-state index contributed by atoms with van der Waals surface area (Å²) in [4.78, 5) is 4.44. The first-order valence-corrected chi connectivity index (χ1v) is 7.40. The van der Waals surface area contributed by atoms with E-state index in [9.17, 15) is 0 Å². The fraction of sp³-hybridized carbons (Fsp3) is 0.188. The largest absolute Gasteiger partial charge is 0.497 e.